The van der Waals surface area contributed by atoms with E-state index in [9.17, 15) is 14.0 Å². The molecule has 1 aliphatic heterocycles. The minimum atomic E-state index is -1.01. The van der Waals surface area contributed by atoms with Gasteiger partial charge in [-0.05, 0) is 92.1 Å². The molecule has 1 saturated heterocycles. The monoisotopic (exact) mass is 780 g/mol. The van der Waals surface area contributed by atoms with Gasteiger partial charge in [-0.1, -0.05) is 84.9 Å². The largest absolute Gasteiger partial charge is 0.444 e. The molecule has 3 aromatic carbocycles. The summed E-state index contributed by atoms with van der Waals surface area (Å²) in [4.78, 5) is 28.6. The van der Waals surface area contributed by atoms with Gasteiger partial charge in [-0.2, -0.15) is 0 Å². The van der Waals surface area contributed by atoms with Crippen LogP contribution >= 0.6 is 22.6 Å². The van der Waals surface area contributed by atoms with E-state index in [-0.39, 0.29) is 17.3 Å². The molecule has 258 valence electrons. The van der Waals surface area contributed by atoms with Crippen molar-refractivity contribution in [2.45, 2.75) is 87.0 Å². The Morgan fingerprint density at radius 3 is 2.35 bits per heavy atom. The fourth-order valence-corrected chi connectivity index (χ4v) is 7.09. The molecule has 4 aromatic rings. The molecule has 2 fully saturated rings. The second-order valence-electron chi connectivity index (χ2n) is 14.9. The number of hydrogen-bond donors (Lipinski definition) is 2. The van der Waals surface area contributed by atoms with Crippen LogP contribution in [0.3, 0.4) is 0 Å². The zero-order valence-electron chi connectivity index (χ0n) is 28.6. The third-order valence-corrected chi connectivity index (χ3v) is 10.2. The van der Waals surface area contributed by atoms with Crippen molar-refractivity contribution in [2.24, 2.45) is 0 Å². The van der Waals surface area contributed by atoms with Crippen LogP contribution in [0.25, 0.3) is 11.3 Å². The molecule has 2 N–H and O–H groups in total. The Labute approximate surface area is 300 Å². The summed E-state index contributed by atoms with van der Waals surface area (Å²) in [6.45, 7) is 12.3. The number of benzene rings is 3. The Balaban J connectivity index is 1.20. The van der Waals surface area contributed by atoms with Gasteiger partial charge in [-0.15, -0.1) is 0 Å². The van der Waals surface area contributed by atoms with Crippen molar-refractivity contribution in [3.63, 3.8) is 0 Å². The van der Waals surface area contributed by atoms with Crippen LogP contribution in [0.1, 0.15) is 71.1 Å². The highest BCUT2D eigenvalue weighted by Gasteiger charge is 2.58. The van der Waals surface area contributed by atoms with Crippen molar-refractivity contribution in [1.82, 2.24) is 15.4 Å². The van der Waals surface area contributed by atoms with Gasteiger partial charge in [0.2, 0.25) is 0 Å². The number of nitrogens with one attached hydrogen (secondary N) is 2. The van der Waals surface area contributed by atoms with Gasteiger partial charge in [0, 0.05) is 23.7 Å². The van der Waals surface area contributed by atoms with Crippen LogP contribution in [0.4, 0.5) is 25.5 Å². The number of alkyl halides is 1. The van der Waals surface area contributed by atoms with Gasteiger partial charge in [0.05, 0.1) is 12.1 Å². The standard InChI is InChI=1S/C38H42FIN4O5/c1-35(2,3)26-8-7-9-27(20-26)37(18-19-37)44-23-31(47-34(44)46)38(40,42-33(45)48-36(4,5)6)22-24-10-16-29(17-11-24)41-32-21-30(49-43-32)25-12-14-28(39)15-13-25/h7-17,20-21,31H,18-19,22-23H2,1-6H3,(H,41,43)(H,42,45)/t31?,38-/m1/s1. The first-order valence-electron chi connectivity index (χ1n) is 16.4. The Morgan fingerprint density at radius 2 is 1.71 bits per heavy atom. The van der Waals surface area contributed by atoms with E-state index in [4.69, 9.17) is 14.0 Å². The van der Waals surface area contributed by atoms with Gasteiger partial charge in [0.25, 0.3) is 0 Å². The smallest absolute Gasteiger partial charge is 0.411 e. The first-order valence-corrected chi connectivity index (χ1v) is 17.5. The van der Waals surface area contributed by atoms with Crippen molar-refractivity contribution in [2.75, 3.05) is 11.9 Å². The fourth-order valence-electron chi connectivity index (χ4n) is 6.11. The maximum atomic E-state index is 13.6. The molecule has 0 bridgehead atoms. The molecule has 2 aliphatic rings. The number of anilines is 2. The second kappa shape index (κ2) is 13.0. The third-order valence-electron chi connectivity index (χ3n) is 8.86. The number of ether oxygens (including phenoxy) is 2. The van der Waals surface area contributed by atoms with Crippen molar-refractivity contribution < 1.29 is 28.0 Å². The summed E-state index contributed by atoms with van der Waals surface area (Å²) < 4.78 is 29.5. The highest BCUT2D eigenvalue weighted by atomic mass is 127. The van der Waals surface area contributed by atoms with Crippen LogP contribution in [0, 0.1) is 5.82 Å². The van der Waals surface area contributed by atoms with E-state index >= 15 is 0 Å². The summed E-state index contributed by atoms with van der Waals surface area (Å²) in [6.07, 6.45) is 0.446. The van der Waals surface area contributed by atoms with Crippen LogP contribution in [0.15, 0.2) is 83.4 Å². The molecule has 2 amide bonds. The van der Waals surface area contributed by atoms with Crippen LogP contribution in [-0.2, 0) is 26.8 Å². The molecule has 1 unspecified atom stereocenters. The van der Waals surface area contributed by atoms with E-state index in [0.29, 0.717) is 30.1 Å². The van der Waals surface area contributed by atoms with Gasteiger partial charge >= 0.3 is 12.2 Å². The Hall–Kier alpha value is -4.13. The SMILES string of the molecule is CC(C)(C)OC(=O)N[C@](I)(Cc1ccc(Nc2cc(-c3ccc(F)cc3)on2)cc1)C1CN(C2(c3cccc(C(C)(C)C)c3)CC2)C(=O)O1. The van der Waals surface area contributed by atoms with E-state index in [1.165, 1.54) is 17.7 Å². The number of amides is 2. The van der Waals surface area contributed by atoms with Crippen molar-refractivity contribution in [1.29, 1.82) is 0 Å². The number of alkyl carbamates (subject to hydrolysis) is 1. The molecule has 1 saturated carbocycles. The first-order chi connectivity index (χ1) is 23.0. The quantitative estimate of drug-likeness (QED) is 0.0992. The number of aromatic nitrogens is 1. The molecule has 1 aliphatic carbocycles. The zero-order chi connectivity index (χ0) is 35.2. The van der Waals surface area contributed by atoms with Crippen LogP contribution in [0.5, 0.6) is 0 Å². The summed E-state index contributed by atoms with van der Waals surface area (Å²) in [5, 5.41) is 10.4. The third kappa shape index (κ3) is 7.87. The van der Waals surface area contributed by atoms with Gasteiger partial charge in [0.1, 0.15) is 15.0 Å². The van der Waals surface area contributed by atoms with Crippen molar-refractivity contribution in [3.8, 4) is 11.3 Å². The Kier molecular flexibility index (Phi) is 9.18. The number of halogens is 2. The number of rotatable bonds is 9. The molecule has 1 aromatic heterocycles. The molecule has 49 heavy (non-hydrogen) atoms. The average Bonchev–Trinajstić information content (AvgIpc) is 3.52. The fraction of sp³-hybridized carbons (Fsp3) is 0.395. The molecule has 11 heteroatoms. The number of hydrogen-bond acceptors (Lipinski definition) is 7. The summed E-state index contributed by atoms with van der Waals surface area (Å²) >= 11 is 2.21. The maximum Gasteiger partial charge on any atom is 0.411 e. The number of nitrogens with zero attached hydrogens (tertiary/aromatic N) is 2. The van der Waals surface area contributed by atoms with Gasteiger partial charge in [0.15, 0.2) is 17.7 Å². The summed E-state index contributed by atoms with van der Waals surface area (Å²) in [6, 6.07) is 23.9. The van der Waals surface area contributed by atoms with Crippen LogP contribution < -0.4 is 10.6 Å². The molecule has 2 heterocycles. The molecular weight excluding hydrogens is 738 g/mol. The van der Waals surface area contributed by atoms with Crippen LogP contribution in [0.2, 0.25) is 0 Å². The Morgan fingerprint density at radius 1 is 1.02 bits per heavy atom. The van der Waals surface area contributed by atoms with Gasteiger partial charge in [-0.3, -0.25) is 4.90 Å². The lowest BCUT2D eigenvalue weighted by Crippen LogP contribution is -2.56. The summed E-state index contributed by atoms with van der Waals surface area (Å²) in [7, 11) is 0. The van der Waals surface area contributed by atoms with Gasteiger partial charge < -0.3 is 24.6 Å². The maximum absolute atomic E-state index is 13.6. The number of cyclic esters (lactones) is 1. The predicted octanol–water partition coefficient (Wildman–Crippen LogP) is 9.23. The van der Waals surface area contributed by atoms with E-state index in [1.54, 1.807) is 18.2 Å². The highest BCUT2D eigenvalue weighted by molar-refractivity contribution is 14.1. The topological polar surface area (TPSA) is 106 Å². The highest BCUT2D eigenvalue weighted by Crippen LogP contribution is 2.54. The molecule has 6 rings (SSSR count). The van der Waals surface area contributed by atoms with Crippen molar-refractivity contribution >= 4 is 46.3 Å². The minimum absolute atomic E-state index is 0.0259. The first kappa shape index (κ1) is 34.7. The van der Waals surface area contributed by atoms with E-state index in [2.05, 4.69) is 83.4 Å². The van der Waals surface area contributed by atoms with Gasteiger partial charge in [-0.25, -0.2) is 14.0 Å². The van der Waals surface area contributed by atoms with Crippen molar-refractivity contribution in [3.05, 3.63) is 101 Å². The van der Waals surface area contributed by atoms with E-state index in [1.807, 2.05) is 49.9 Å². The Bertz CT molecular complexity index is 1830. The molecule has 0 spiro atoms. The summed E-state index contributed by atoms with van der Waals surface area (Å²) in [5.41, 5.74) is 3.56. The van der Waals surface area contributed by atoms with E-state index in [0.717, 1.165) is 29.7 Å². The number of carbonyl (C=O) groups excluding carboxylic acids is 2. The molecule has 9 nitrogen and oxygen atoms in total. The lowest BCUT2D eigenvalue weighted by molar-refractivity contribution is 0.0421. The number of carbonyl (C=O) groups is 2. The summed E-state index contributed by atoms with van der Waals surface area (Å²) in [5.74, 6) is 0.689. The minimum Gasteiger partial charge on any atom is -0.444 e. The normalized spacial score (nSPS) is 18.4. The zero-order valence-corrected chi connectivity index (χ0v) is 30.8. The van der Waals surface area contributed by atoms with Crippen LogP contribution in [-0.4, -0.2) is 44.0 Å². The second-order valence-corrected chi connectivity index (χ2v) is 16.8. The van der Waals surface area contributed by atoms with E-state index < -0.39 is 26.9 Å². The lowest BCUT2D eigenvalue weighted by atomic mass is 9.85. The molecular formula is C38H42FIN4O5. The molecule has 0 radical (unpaired) electrons. The average molecular weight is 781 g/mol. The molecule has 2 atom stereocenters. The predicted molar refractivity (Wildman–Crippen MR) is 194 cm³/mol. The lowest BCUT2D eigenvalue weighted by Gasteiger charge is -2.34.